The van der Waals surface area contributed by atoms with Gasteiger partial charge in [-0.2, -0.15) is 0 Å². The Hall–Kier alpha value is -1.10. The molecular weight excluding hydrogens is 290 g/mol. The maximum Gasteiger partial charge on any atom is 0.234 e. The van der Waals surface area contributed by atoms with Crippen LogP contribution in [0.2, 0.25) is 0 Å². The Morgan fingerprint density at radius 3 is 2.48 bits per heavy atom. The minimum Gasteiger partial charge on any atom is -0.352 e. The van der Waals surface area contributed by atoms with Crippen molar-refractivity contribution in [3.8, 4) is 0 Å². The summed E-state index contributed by atoms with van der Waals surface area (Å²) in [5, 5.41) is 3.21. The third kappa shape index (κ3) is 6.13. The van der Waals surface area contributed by atoms with Crippen LogP contribution in [-0.4, -0.2) is 60.9 Å². The quantitative estimate of drug-likeness (QED) is 0.813. The van der Waals surface area contributed by atoms with Gasteiger partial charge in [0.15, 0.2) is 0 Å². The predicted octanol–water partition coefficient (Wildman–Crippen LogP) is 2.02. The van der Waals surface area contributed by atoms with Gasteiger partial charge < -0.3 is 10.2 Å². The monoisotopic (exact) mass is 323 g/mol. The third-order valence-corrected chi connectivity index (χ3v) is 5.13. The van der Waals surface area contributed by atoms with E-state index in [2.05, 4.69) is 10.2 Å². The van der Waals surface area contributed by atoms with Crippen LogP contribution >= 0.6 is 0 Å². The lowest BCUT2D eigenvalue weighted by Crippen LogP contribution is -2.42. The zero-order chi connectivity index (χ0) is 16.7. The van der Waals surface area contributed by atoms with E-state index in [4.69, 9.17) is 0 Å². The molecule has 0 aromatic heterocycles. The first-order chi connectivity index (χ1) is 11.1. The van der Waals surface area contributed by atoms with E-state index < -0.39 is 0 Å². The highest BCUT2D eigenvalue weighted by molar-refractivity contribution is 5.79. The lowest BCUT2D eigenvalue weighted by atomic mass is 9.97. The largest absolute Gasteiger partial charge is 0.352 e. The number of amides is 2. The van der Waals surface area contributed by atoms with Crippen molar-refractivity contribution in [3.63, 3.8) is 0 Å². The van der Waals surface area contributed by atoms with Gasteiger partial charge in [-0.1, -0.05) is 32.1 Å². The van der Waals surface area contributed by atoms with Crippen molar-refractivity contribution in [3.05, 3.63) is 0 Å². The number of likely N-dealkylation sites (N-methyl/N-ethyl adjacent to an activating group) is 1. The molecule has 1 saturated carbocycles. The zero-order valence-corrected chi connectivity index (χ0v) is 14.9. The average Bonchev–Trinajstić information content (AvgIpc) is 2.81. The molecular formula is C18H33N3O2. The highest BCUT2D eigenvalue weighted by Crippen LogP contribution is 2.19. The third-order valence-electron chi connectivity index (χ3n) is 5.13. The number of carbonyl (C=O) groups is 2. The first-order valence-corrected chi connectivity index (χ1v) is 9.34. The molecule has 1 heterocycles. The normalized spacial score (nSPS) is 23.9. The standard InChI is InChI=1S/C18H33N3O2/c1-3-21-13-15(11-18(21)23)12-20(2)14-17(22)19-16-9-7-5-4-6-8-10-16/h15-16H,3-14H2,1-2H3,(H,19,22). The van der Waals surface area contributed by atoms with Gasteiger partial charge in [-0.3, -0.25) is 14.5 Å². The predicted molar refractivity (Wildman–Crippen MR) is 92.1 cm³/mol. The van der Waals surface area contributed by atoms with Gasteiger partial charge in [0.25, 0.3) is 0 Å². The average molecular weight is 323 g/mol. The highest BCUT2D eigenvalue weighted by Gasteiger charge is 2.29. The number of hydrogen-bond acceptors (Lipinski definition) is 3. The molecule has 1 saturated heterocycles. The second-order valence-electron chi connectivity index (χ2n) is 7.31. The molecule has 1 aliphatic carbocycles. The van der Waals surface area contributed by atoms with Crippen LogP contribution < -0.4 is 5.32 Å². The summed E-state index contributed by atoms with van der Waals surface area (Å²) in [6, 6.07) is 0.361. The van der Waals surface area contributed by atoms with E-state index in [0.717, 1.165) is 32.5 Å². The molecule has 1 aliphatic heterocycles. The summed E-state index contributed by atoms with van der Waals surface area (Å²) >= 11 is 0. The molecule has 132 valence electrons. The van der Waals surface area contributed by atoms with Crippen molar-refractivity contribution in [2.24, 2.45) is 5.92 Å². The molecule has 2 amide bonds. The van der Waals surface area contributed by atoms with E-state index in [1.165, 1.54) is 32.1 Å². The molecule has 5 heteroatoms. The smallest absolute Gasteiger partial charge is 0.234 e. The van der Waals surface area contributed by atoms with Crippen molar-refractivity contribution in [1.82, 2.24) is 15.1 Å². The fourth-order valence-corrected chi connectivity index (χ4v) is 3.91. The summed E-state index contributed by atoms with van der Waals surface area (Å²) < 4.78 is 0. The van der Waals surface area contributed by atoms with Gasteiger partial charge in [-0.15, -0.1) is 0 Å². The molecule has 0 radical (unpaired) electrons. The lowest BCUT2D eigenvalue weighted by molar-refractivity contribution is -0.127. The molecule has 23 heavy (non-hydrogen) atoms. The summed E-state index contributed by atoms with van der Waals surface area (Å²) in [5.41, 5.74) is 0. The molecule has 0 bridgehead atoms. The Bertz CT molecular complexity index is 392. The summed E-state index contributed by atoms with van der Waals surface area (Å²) in [6.07, 6.45) is 9.29. The zero-order valence-electron chi connectivity index (χ0n) is 14.9. The van der Waals surface area contributed by atoms with E-state index in [1.807, 2.05) is 18.9 Å². The Labute approximate surface area is 140 Å². The van der Waals surface area contributed by atoms with Gasteiger partial charge in [-0.05, 0) is 32.7 Å². The van der Waals surface area contributed by atoms with Crippen LogP contribution in [0.1, 0.15) is 58.3 Å². The molecule has 0 spiro atoms. The number of rotatable bonds is 6. The molecule has 1 unspecified atom stereocenters. The summed E-state index contributed by atoms with van der Waals surface area (Å²) in [6.45, 7) is 4.91. The van der Waals surface area contributed by atoms with E-state index in [9.17, 15) is 9.59 Å². The van der Waals surface area contributed by atoms with Gasteiger partial charge in [0.2, 0.25) is 11.8 Å². The van der Waals surface area contributed by atoms with Gasteiger partial charge >= 0.3 is 0 Å². The molecule has 2 aliphatic rings. The molecule has 0 aromatic rings. The van der Waals surface area contributed by atoms with E-state index >= 15 is 0 Å². The van der Waals surface area contributed by atoms with Gasteiger partial charge in [0, 0.05) is 32.1 Å². The first kappa shape index (κ1) is 18.2. The Morgan fingerprint density at radius 2 is 1.87 bits per heavy atom. The fraction of sp³-hybridized carbons (Fsp3) is 0.889. The molecule has 0 aromatic carbocycles. The number of carbonyl (C=O) groups excluding carboxylic acids is 2. The number of hydrogen-bond donors (Lipinski definition) is 1. The Balaban J connectivity index is 1.68. The summed E-state index contributed by atoms with van der Waals surface area (Å²) in [7, 11) is 1.98. The van der Waals surface area contributed by atoms with Crippen LogP contribution in [0.25, 0.3) is 0 Å². The topological polar surface area (TPSA) is 52.6 Å². The van der Waals surface area contributed by atoms with Crippen LogP contribution in [0, 0.1) is 5.92 Å². The van der Waals surface area contributed by atoms with Crippen molar-refractivity contribution in [2.45, 2.75) is 64.3 Å². The van der Waals surface area contributed by atoms with E-state index in [0.29, 0.717) is 24.9 Å². The number of nitrogens with one attached hydrogen (secondary N) is 1. The minimum atomic E-state index is 0.134. The maximum absolute atomic E-state index is 12.2. The Morgan fingerprint density at radius 1 is 1.22 bits per heavy atom. The van der Waals surface area contributed by atoms with Gasteiger partial charge in [0.1, 0.15) is 0 Å². The SMILES string of the molecule is CCN1CC(CN(C)CC(=O)NC2CCCCCCC2)CC1=O. The second kappa shape index (κ2) is 9.26. The van der Waals surface area contributed by atoms with Crippen molar-refractivity contribution in [1.29, 1.82) is 0 Å². The number of nitrogens with zero attached hydrogens (tertiary/aromatic N) is 2. The van der Waals surface area contributed by atoms with Crippen molar-refractivity contribution >= 4 is 11.8 Å². The fourth-order valence-electron chi connectivity index (χ4n) is 3.91. The summed E-state index contributed by atoms with van der Waals surface area (Å²) in [4.78, 5) is 28.0. The van der Waals surface area contributed by atoms with Crippen LogP contribution in [0.15, 0.2) is 0 Å². The lowest BCUT2D eigenvalue weighted by Gasteiger charge is -2.24. The van der Waals surface area contributed by atoms with Crippen LogP contribution in [0.4, 0.5) is 0 Å². The maximum atomic E-state index is 12.2. The van der Waals surface area contributed by atoms with Crippen LogP contribution in [0.3, 0.4) is 0 Å². The first-order valence-electron chi connectivity index (χ1n) is 9.34. The molecule has 2 rings (SSSR count). The second-order valence-corrected chi connectivity index (χ2v) is 7.31. The molecule has 1 N–H and O–H groups in total. The van der Waals surface area contributed by atoms with Gasteiger partial charge in [0.05, 0.1) is 6.54 Å². The minimum absolute atomic E-state index is 0.134. The van der Waals surface area contributed by atoms with Crippen LogP contribution in [-0.2, 0) is 9.59 Å². The van der Waals surface area contributed by atoms with Crippen molar-refractivity contribution in [2.75, 3.05) is 33.2 Å². The highest BCUT2D eigenvalue weighted by atomic mass is 16.2. The van der Waals surface area contributed by atoms with E-state index in [1.54, 1.807) is 0 Å². The molecule has 5 nitrogen and oxygen atoms in total. The molecule has 2 fully saturated rings. The van der Waals surface area contributed by atoms with E-state index in [-0.39, 0.29) is 11.8 Å². The Kier molecular flexibility index (Phi) is 7.34. The number of likely N-dealkylation sites (tertiary alicyclic amines) is 1. The van der Waals surface area contributed by atoms with Crippen LogP contribution in [0.5, 0.6) is 0 Å². The van der Waals surface area contributed by atoms with Gasteiger partial charge in [-0.25, -0.2) is 0 Å². The van der Waals surface area contributed by atoms with Crippen molar-refractivity contribution < 1.29 is 9.59 Å². The summed E-state index contributed by atoms with van der Waals surface area (Å²) in [5.74, 6) is 0.751. The molecule has 1 atom stereocenters.